The van der Waals surface area contributed by atoms with E-state index >= 15 is 0 Å². The molecule has 1 aromatic rings. The minimum absolute atomic E-state index is 0.565. The number of ether oxygens (including phenoxy) is 1. The lowest BCUT2D eigenvalue weighted by Gasteiger charge is -2.50. The predicted octanol–water partition coefficient (Wildman–Crippen LogP) is 2.95. The summed E-state index contributed by atoms with van der Waals surface area (Å²) in [5.74, 6) is -4.78. The smallest absolute Gasteiger partial charge is 0.475 e. The zero-order chi connectivity index (χ0) is 25.4. The number of hydrogen-bond donors (Lipinski definition) is 2. The van der Waals surface area contributed by atoms with Gasteiger partial charge in [-0.05, 0) is 5.92 Å². The van der Waals surface area contributed by atoms with E-state index in [1.54, 1.807) is 11.3 Å². The van der Waals surface area contributed by atoms with Crippen LogP contribution in [0.15, 0.2) is 11.6 Å². The zero-order valence-electron chi connectivity index (χ0n) is 17.8. The molecular weight excluding hydrogens is 484 g/mol. The number of nitrogens with zero attached hydrogens (tertiary/aromatic N) is 3. The van der Waals surface area contributed by atoms with Crippen molar-refractivity contribution < 1.29 is 50.9 Å². The van der Waals surface area contributed by atoms with Crippen LogP contribution in [0.5, 0.6) is 0 Å². The zero-order valence-corrected chi connectivity index (χ0v) is 18.6. The summed E-state index contributed by atoms with van der Waals surface area (Å²) in [7, 11) is 0. The molecule has 0 aromatic carbocycles. The Morgan fingerprint density at radius 2 is 1.55 bits per heavy atom. The molecule has 2 atom stereocenters. The molecule has 0 saturated carbocycles. The van der Waals surface area contributed by atoms with Crippen LogP contribution in [0.3, 0.4) is 0 Å². The molecule has 33 heavy (non-hydrogen) atoms. The largest absolute Gasteiger partial charge is 0.490 e. The van der Waals surface area contributed by atoms with Crippen LogP contribution in [-0.4, -0.2) is 94.2 Å². The van der Waals surface area contributed by atoms with Crippen molar-refractivity contribution >= 4 is 23.3 Å². The van der Waals surface area contributed by atoms with Gasteiger partial charge < -0.3 is 14.9 Å². The molecule has 3 heterocycles. The first-order valence-electron chi connectivity index (χ1n) is 9.65. The molecule has 2 bridgehead atoms. The van der Waals surface area contributed by atoms with Crippen LogP contribution >= 0.6 is 11.3 Å². The van der Waals surface area contributed by atoms with Gasteiger partial charge in [0.25, 0.3) is 0 Å². The SMILES string of the molecule is CC(C)CN1C2COCC1CN(Cc1nccs1)C2.O=C(O)C(F)(F)F.O=C(O)C(F)(F)F. The Balaban J connectivity index is 0.000000324. The van der Waals surface area contributed by atoms with Crippen molar-refractivity contribution in [3.63, 3.8) is 0 Å². The molecule has 2 aliphatic heterocycles. The third-order valence-corrected chi connectivity index (χ3v) is 5.16. The third kappa shape index (κ3) is 10.7. The summed E-state index contributed by atoms with van der Waals surface area (Å²) in [6.07, 6.45) is -8.26. The number of carboxylic acid groups (broad SMARTS) is 2. The van der Waals surface area contributed by atoms with Crippen LogP contribution in [0.4, 0.5) is 26.3 Å². The second kappa shape index (κ2) is 12.5. The minimum atomic E-state index is -5.08. The van der Waals surface area contributed by atoms with Crippen molar-refractivity contribution in [2.24, 2.45) is 5.92 Å². The number of aromatic nitrogens is 1. The number of alkyl halides is 6. The number of carbonyl (C=O) groups is 2. The molecule has 0 aliphatic carbocycles. The summed E-state index contributed by atoms with van der Waals surface area (Å²) in [4.78, 5) is 27.4. The summed E-state index contributed by atoms with van der Waals surface area (Å²) < 4.78 is 69.2. The summed E-state index contributed by atoms with van der Waals surface area (Å²) >= 11 is 1.76. The minimum Gasteiger partial charge on any atom is -0.475 e. The normalized spacial score (nSPS) is 21.5. The number of aliphatic carboxylic acids is 2. The Bertz CT molecular complexity index is 707. The number of thiazole rings is 1. The lowest BCUT2D eigenvalue weighted by molar-refractivity contribution is -0.193. The molecule has 0 radical (unpaired) electrons. The lowest BCUT2D eigenvalue weighted by Crippen LogP contribution is -2.64. The van der Waals surface area contributed by atoms with Gasteiger partial charge in [-0.25, -0.2) is 14.6 Å². The highest BCUT2D eigenvalue weighted by Gasteiger charge is 2.39. The fraction of sp³-hybridized carbons (Fsp3) is 0.722. The highest BCUT2D eigenvalue weighted by atomic mass is 32.1. The van der Waals surface area contributed by atoms with E-state index in [9.17, 15) is 26.3 Å². The van der Waals surface area contributed by atoms with Crippen LogP contribution in [0.25, 0.3) is 0 Å². The van der Waals surface area contributed by atoms with Gasteiger partial charge in [-0.1, -0.05) is 13.8 Å². The third-order valence-electron chi connectivity index (χ3n) is 4.40. The van der Waals surface area contributed by atoms with E-state index in [-0.39, 0.29) is 0 Å². The first kappa shape index (κ1) is 29.1. The maximum atomic E-state index is 10.6. The summed E-state index contributed by atoms with van der Waals surface area (Å²) in [5, 5.41) is 17.5. The Morgan fingerprint density at radius 3 is 1.88 bits per heavy atom. The monoisotopic (exact) mass is 509 g/mol. The van der Waals surface area contributed by atoms with Crippen molar-refractivity contribution in [3.8, 4) is 0 Å². The van der Waals surface area contributed by atoms with E-state index in [4.69, 9.17) is 24.5 Å². The van der Waals surface area contributed by atoms with Crippen molar-refractivity contribution in [2.75, 3.05) is 32.8 Å². The number of rotatable bonds is 4. The predicted molar refractivity (Wildman–Crippen MR) is 105 cm³/mol. The van der Waals surface area contributed by atoms with Gasteiger partial charge in [-0.3, -0.25) is 9.80 Å². The fourth-order valence-corrected chi connectivity index (χ4v) is 3.84. The number of hydrogen-bond acceptors (Lipinski definition) is 7. The quantitative estimate of drug-likeness (QED) is 0.598. The Kier molecular flexibility index (Phi) is 11.0. The molecular formula is C18H25F6N3O5S. The molecule has 190 valence electrons. The topological polar surface area (TPSA) is 103 Å². The van der Waals surface area contributed by atoms with Gasteiger partial charge in [0.1, 0.15) is 5.01 Å². The second-order valence-electron chi connectivity index (χ2n) is 7.66. The van der Waals surface area contributed by atoms with Gasteiger partial charge >= 0.3 is 24.3 Å². The van der Waals surface area contributed by atoms with E-state index < -0.39 is 24.3 Å². The van der Waals surface area contributed by atoms with E-state index in [0.29, 0.717) is 12.1 Å². The van der Waals surface area contributed by atoms with E-state index in [0.717, 1.165) is 38.8 Å². The molecule has 0 amide bonds. The maximum absolute atomic E-state index is 10.6. The number of morpholine rings is 1. The van der Waals surface area contributed by atoms with Crippen molar-refractivity contribution in [1.29, 1.82) is 0 Å². The van der Waals surface area contributed by atoms with Gasteiger partial charge in [-0.15, -0.1) is 11.3 Å². The molecule has 15 heteroatoms. The molecule has 3 rings (SSSR count). The summed E-state index contributed by atoms with van der Waals surface area (Å²) in [6.45, 7) is 10.8. The molecule has 2 unspecified atom stereocenters. The average Bonchev–Trinajstić information content (AvgIpc) is 3.14. The maximum Gasteiger partial charge on any atom is 0.490 e. The lowest BCUT2D eigenvalue weighted by atomic mass is 10.0. The van der Waals surface area contributed by atoms with Crippen LogP contribution in [-0.2, 0) is 20.9 Å². The Morgan fingerprint density at radius 1 is 1.09 bits per heavy atom. The number of carboxylic acids is 2. The van der Waals surface area contributed by atoms with Gasteiger partial charge in [0.15, 0.2) is 0 Å². The van der Waals surface area contributed by atoms with Gasteiger partial charge in [0.05, 0.1) is 19.8 Å². The number of piperazine rings is 1. The molecule has 0 spiro atoms. The van der Waals surface area contributed by atoms with E-state index in [1.807, 2.05) is 6.20 Å². The van der Waals surface area contributed by atoms with Gasteiger partial charge in [0.2, 0.25) is 0 Å². The Hall–Kier alpha value is -1.97. The van der Waals surface area contributed by atoms with Crippen LogP contribution in [0, 0.1) is 5.92 Å². The van der Waals surface area contributed by atoms with Crippen LogP contribution in [0.2, 0.25) is 0 Å². The molecule has 2 saturated heterocycles. The van der Waals surface area contributed by atoms with Crippen molar-refractivity contribution in [2.45, 2.75) is 44.8 Å². The fourth-order valence-electron chi connectivity index (χ4n) is 3.19. The second-order valence-corrected chi connectivity index (χ2v) is 8.64. The molecule has 2 fully saturated rings. The molecule has 1 aromatic heterocycles. The number of fused-ring (bicyclic) bond motifs is 2. The first-order valence-corrected chi connectivity index (χ1v) is 10.5. The van der Waals surface area contributed by atoms with E-state index in [1.165, 1.54) is 11.6 Å². The van der Waals surface area contributed by atoms with Crippen LogP contribution < -0.4 is 0 Å². The van der Waals surface area contributed by atoms with Crippen molar-refractivity contribution in [3.05, 3.63) is 16.6 Å². The Labute approximate surface area is 189 Å². The van der Waals surface area contributed by atoms with Crippen molar-refractivity contribution in [1.82, 2.24) is 14.8 Å². The van der Waals surface area contributed by atoms with Gasteiger partial charge in [-0.2, -0.15) is 26.3 Å². The standard InChI is InChI=1S/C14H23N3OS.2C2HF3O2/c1-11(2)5-17-12-6-16(7-13(17)10-18-9-12)8-14-15-3-4-19-14;2*3-2(4,5)1(6)7/h3-4,11-13H,5-10H2,1-2H3;2*(H,6,7). The first-order chi connectivity index (χ1) is 15.1. The highest BCUT2D eigenvalue weighted by Crippen LogP contribution is 2.24. The highest BCUT2D eigenvalue weighted by molar-refractivity contribution is 7.09. The molecule has 2 N–H and O–H groups in total. The molecule has 8 nitrogen and oxygen atoms in total. The summed E-state index contributed by atoms with van der Waals surface area (Å²) in [6, 6.07) is 1.13. The van der Waals surface area contributed by atoms with Gasteiger partial charge in [0, 0.05) is 43.3 Å². The number of halogens is 6. The van der Waals surface area contributed by atoms with Crippen LogP contribution in [0.1, 0.15) is 18.9 Å². The average molecular weight is 509 g/mol. The van der Waals surface area contributed by atoms with E-state index in [2.05, 4.69) is 34.0 Å². The summed E-state index contributed by atoms with van der Waals surface area (Å²) in [5.41, 5.74) is 0. The molecule has 2 aliphatic rings.